The van der Waals surface area contributed by atoms with Gasteiger partial charge in [0.05, 0.1) is 30.8 Å². The Morgan fingerprint density at radius 1 is 1.59 bits per heavy atom. The fraction of sp³-hybridized carbons (Fsp3) is 0.500. The van der Waals surface area contributed by atoms with Crippen molar-refractivity contribution in [1.82, 2.24) is 19.7 Å². The number of aromatic nitrogens is 4. The van der Waals surface area contributed by atoms with Crippen LogP contribution in [0.3, 0.4) is 0 Å². The smallest absolute Gasteiger partial charge is 0.292 e. The summed E-state index contributed by atoms with van der Waals surface area (Å²) in [4.78, 5) is 15.5. The van der Waals surface area contributed by atoms with E-state index in [-0.39, 0.29) is 24.5 Å². The minimum atomic E-state index is -0.307. The Bertz CT molecular complexity index is 590. The van der Waals surface area contributed by atoms with Gasteiger partial charge in [-0.05, 0) is 12.8 Å². The Morgan fingerprint density at radius 3 is 3.24 bits per heavy atom. The number of aliphatic hydroxyl groups is 1. The molecule has 0 amide bonds. The monoisotopic (exact) mass is 236 g/mol. The first-order valence-corrected chi connectivity index (χ1v) is 5.46. The third-order valence-electron chi connectivity index (χ3n) is 3.00. The van der Waals surface area contributed by atoms with Crippen LogP contribution < -0.4 is 5.56 Å². The summed E-state index contributed by atoms with van der Waals surface area (Å²) in [5.41, 5.74) is 0.700. The molecule has 2 atom stereocenters. The Morgan fingerprint density at radius 2 is 2.47 bits per heavy atom. The van der Waals surface area contributed by atoms with Crippen molar-refractivity contribution in [1.29, 1.82) is 0 Å². The number of aliphatic hydroxyl groups excluding tert-OH is 1. The van der Waals surface area contributed by atoms with Crippen LogP contribution >= 0.6 is 0 Å². The highest BCUT2D eigenvalue weighted by atomic mass is 16.5. The van der Waals surface area contributed by atoms with Crippen LogP contribution in [-0.4, -0.2) is 37.6 Å². The van der Waals surface area contributed by atoms with Crippen LogP contribution in [0.1, 0.15) is 19.1 Å². The fourth-order valence-electron chi connectivity index (χ4n) is 2.13. The van der Waals surface area contributed by atoms with Crippen molar-refractivity contribution in [3.63, 3.8) is 0 Å². The van der Waals surface area contributed by atoms with Gasteiger partial charge in [0.2, 0.25) is 0 Å². The van der Waals surface area contributed by atoms with Crippen LogP contribution in [0, 0.1) is 0 Å². The molecule has 7 heteroatoms. The lowest BCUT2D eigenvalue weighted by Crippen LogP contribution is -2.14. The van der Waals surface area contributed by atoms with Gasteiger partial charge in [-0.1, -0.05) is 0 Å². The van der Waals surface area contributed by atoms with E-state index in [9.17, 15) is 4.79 Å². The molecule has 0 radical (unpaired) electrons. The van der Waals surface area contributed by atoms with Crippen LogP contribution in [0.2, 0.25) is 0 Å². The summed E-state index contributed by atoms with van der Waals surface area (Å²) in [6.45, 7) is 0.0158. The zero-order chi connectivity index (χ0) is 11.8. The Kier molecular flexibility index (Phi) is 2.41. The second-order valence-corrected chi connectivity index (χ2v) is 4.06. The average molecular weight is 236 g/mol. The molecule has 7 nitrogen and oxygen atoms in total. The van der Waals surface area contributed by atoms with E-state index in [2.05, 4.69) is 15.2 Å². The number of fused-ring (bicyclic) bond motifs is 1. The third-order valence-corrected chi connectivity index (χ3v) is 3.00. The summed E-state index contributed by atoms with van der Waals surface area (Å²) in [6, 6.07) is 0. The molecule has 17 heavy (non-hydrogen) atoms. The maximum absolute atomic E-state index is 11.5. The molecule has 3 heterocycles. The van der Waals surface area contributed by atoms with Crippen LogP contribution in [0.4, 0.5) is 0 Å². The summed E-state index contributed by atoms with van der Waals surface area (Å²) in [7, 11) is 0. The van der Waals surface area contributed by atoms with Crippen LogP contribution in [0.15, 0.2) is 17.3 Å². The number of imidazole rings is 1. The molecule has 0 spiro atoms. The van der Waals surface area contributed by atoms with Crippen molar-refractivity contribution in [2.75, 3.05) is 6.61 Å². The third kappa shape index (κ3) is 1.63. The average Bonchev–Trinajstić information content (AvgIpc) is 2.94. The molecule has 0 unspecified atom stereocenters. The molecule has 1 saturated heterocycles. The maximum atomic E-state index is 11.5. The second-order valence-electron chi connectivity index (χ2n) is 4.06. The van der Waals surface area contributed by atoms with Gasteiger partial charge in [0.1, 0.15) is 6.23 Å². The van der Waals surface area contributed by atoms with Gasteiger partial charge >= 0.3 is 0 Å². The Labute approximate surface area is 96.0 Å². The van der Waals surface area contributed by atoms with Crippen molar-refractivity contribution in [3.05, 3.63) is 22.9 Å². The molecule has 0 aromatic carbocycles. The van der Waals surface area contributed by atoms with Gasteiger partial charge in [-0.2, -0.15) is 5.10 Å². The first kappa shape index (κ1) is 10.4. The van der Waals surface area contributed by atoms with E-state index < -0.39 is 0 Å². The second kappa shape index (κ2) is 3.94. The van der Waals surface area contributed by atoms with Gasteiger partial charge in [0, 0.05) is 0 Å². The van der Waals surface area contributed by atoms with Crippen LogP contribution in [0.25, 0.3) is 11.0 Å². The normalized spacial score (nSPS) is 24.5. The van der Waals surface area contributed by atoms with E-state index >= 15 is 0 Å². The minimum Gasteiger partial charge on any atom is -0.394 e. The highest BCUT2D eigenvalue weighted by Crippen LogP contribution is 2.29. The van der Waals surface area contributed by atoms with Crippen molar-refractivity contribution in [2.45, 2.75) is 25.2 Å². The zero-order valence-electron chi connectivity index (χ0n) is 9.04. The van der Waals surface area contributed by atoms with Crippen LogP contribution in [0.5, 0.6) is 0 Å². The number of rotatable bonds is 2. The summed E-state index contributed by atoms with van der Waals surface area (Å²) >= 11 is 0. The van der Waals surface area contributed by atoms with Gasteiger partial charge in [-0.25, -0.2) is 10.1 Å². The summed E-state index contributed by atoms with van der Waals surface area (Å²) in [5.74, 6) is 0. The highest BCUT2D eigenvalue weighted by Gasteiger charge is 2.27. The molecule has 0 aliphatic carbocycles. The molecule has 1 fully saturated rings. The first-order chi connectivity index (χ1) is 8.29. The summed E-state index contributed by atoms with van der Waals surface area (Å²) < 4.78 is 7.42. The quantitative estimate of drug-likeness (QED) is 0.752. The molecule has 0 saturated carbocycles. The maximum Gasteiger partial charge on any atom is 0.292 e. The number of nitrogens with one attached hydrogen (secondary N) is 1. The van der Waals surface area contributed by atoms with Gasteiger partial charge < -0.3 is 14.4 Å². The lowest BCUT2D eigenvalue weighted by Gasteiger charge is -2.13. The van der Waals surface area contributed by atoms with Gasteiger partial charge in [-0.3, -0.25) is 4.79 Å². The van der Waals surface area contributed by atoms with Crippen molar-refractivity contribution in [3.8, 4) is 0 Å². The predicted octanol–water partition coefficient (Wildman–Crippen LogP) is -0.211. The van der Waals surface area contributed by atoms with Crippen molar-refractivity contribution < 1.29 is 9.84 Å². The highest BCUT2D eigenvalue weighted by molar-refractivity contribution is 5.72. The van der Waals surface area contributed by atoms with Gasteiger partial charge in [0.25, 0.3) is 5.56 Å². The van der Waals surface area contributed by atoms with E-state index in [1.807, 2.05) is 0 Å². The van der Waals surface area contributed by atoms with E-state index in [1.165, 1.54) is 0 Å². The number of hydrogen-bond donors (Lipinski definition) is 2. The zero-order valence-corrected chi connectivity index (χ0v) is 9.04. The molecular formula is C10H12N4O3. The Hall–Kier alpha value is -1.73. The molecular weight excluding hydrogens is 224 g/mol. The standard InChI is InChI=1S/C10H12N4O3/c15-4-6-1-2-8(17-6)14-5-11-9-7(14)3-12-13-10(9)16/h3,5-6,8,15H,1-2,4H2,(H,13,16)/t6-,8+/m1/s1. The number of nitrogens with zero attached hydrogens (tertiary/aromatic N) is 3. The number of H-pyrrole nitrogens is 1. The Balaban J connectivity index is 2.02. The summed E-state index contributed by atoms with van der Waals surface area (Å²) in [6.07, 6.45) is 4.42. The largest absolute Gasteiger partial charge is 0.394 e. The van der Waals surface area contributed by atoms with Gasteiger partial charge in [0.15, 0.2) is 5.52 Å². The number of ether oxygens (including phenoxy) is 1. The van der Waals surface area contributed by atoms with E-state index in [0.29, 0.717) is 11.0 Å². The first-order valence-electron chi connectivity index (χ1n) is 5.46. The molecule has 1 aliphatic rings. The van der Waals surface area contributed by atoms with E-state index in [1.54, 1.807) is 17.1 Å². The fourth-order valence-corrected chi connectivity index (χ4v) is 2.13. The molecule has 1 aliphatic heterocycles. The molecule has 2 N–H and O–H groups in total. The molecule has 3 rings (SSSR count). The lowest BCUT2D eigenvalue weighted by molar-refractivity contribution is -0.0205. The molecule has 2 aromatic rings. The van der Waals surface area contributed by atoms with Crippen LogP contribution in [-0.2, 0) is 4.74 Å². The van der Waals surface area contributed by atoms with E-state index in [0.717, 1.165) is 12.8 Å². The topological polar surface area (TPSA) is 93.0 Å². The number of hydrogen-bond acceptors (Lipinski definition) is 5. The van der Waals surface area contributed by atoms with Crippen molar-refractivity contribution in [2.24, 2.45) is 0 Å². The predicted molar refractivity (Wildman–Crippen MR) is 58.4 cm³/mol. The minimum absolute atomic E-state index is 0.0158. The molecule has 90 valence electrons. The van der Waals surface area contributed by atoms with E-state index in [4.69, 9.17) is 9.84 Å². The van der Waals surface area contributed by atoms with Gasteiger partial charge in [-0.15, -0.1) is 0 Å². The van der Waals surface area contributed by atoms with Crippen molar-refractivity contribution >= 4 is 11.0 Å². The lowest BCUT2D eigenvalue weighted by atomic mass is 10.2. The molecule has 2 aromatic heterocycles. The summed E-state index contributed by atoms with van der Waals surface area (Å²) in [5, 5.41) is 15.1. The number of aromatic amines is 1. The molecule has 0 bridgehead atoms. The SMILES string of the molecule is O=c1[nH]ncc2c1ncn2[C@@H]1CC[C@H](CO)O1.